The minimum absolute atomic E-state index is 0.231. The van der Waals surface area contributed by atoms with Crippen LogP contribution in [-0.4, -0.2) is 27.3 Å². The number of hydrogen-bond donors (Lipinski definition) is 2. The fraction of sp³-hybridized carbons (Fsp3) is 0.171. The number of ether oxygens (including phenoxy) is 2. The maximum absolute atomic E-state index is 14.3. The topological polar surface area (TPSA) is 90.3 Å². The third kappa shape index (κ3) is 7.46. The number of hydrogen-bond acceptors (Lipinski definition) is 7. The molecule has 0 aliphatic carbocycles. The molecule has 0 radical (unpaired) electrons. The number of rotatable bonds is 11. The first kappa shape index (κ1) is 33.0. The van der Waals surface area contributed by atoms with Gasteiger partial charge in [-0.05, 0) is 61.9 Å². The lowest BCUT2D eigenvalue weighted by Gasteiger charge is -2.30. The molecule has 1 aliphatic rings. The standard InChI is InChI=1S/C35H30BrCl2N5O3S/c1-3-45-30-15-9-8-14-28(30)40-33(44)31-21(2)39-34-41-35(47-20-23-11-5-7-13-27(23)38)42-43(34)32(31)25-18-24(36)16-17-29(25)46-19-22-10-4-6-12-26(22)37/h4-18,32H,3,19-20H2,1-2H3,(H,40,44)(H,39,41,42). The van der Waals surface area contributed by atoms with Crippen molar-refractivity contribution in [2.75, 3.05) is 17.2 Å². The van der Waals surface area contributed by atoms with Crippen LogP contribution in [0.4, 0.5) is 11.6 Å². The first-order chi connectivity index (χ1) is 22.8. The Balaban J connectivity index is 1.41. The number of nitrogens with one attached hydrogen (secondary N) is 2. The average molecular weight is 752 g/mol. The molecule has 4 aromatic carbocycles. The van der Waals surface area contributed by atoms with Crippen LogP contribution < -0.4 is 20.1 Å². The lowest BCUT2D eigenvalue weighted by atomic mass is 9.94. The summed E-state index contributed by atoms with van der Waals surface area (Å²) in [6.45, 7) is 4.44. The number of allylic oxidation sites excluding steroid dienone is 1. The number of thioether (sulfide) groups is 1. The third-order valence-electron chi connectivity index (χ3n) is 7.43. The highest BCUT2D eigenvalue weighted by atomic mass is 79.9. The predicted molar refractivity (Wildman–Crippen MR) is 192 cm³/mol. The van der Waals surface area contributed by atoms with Gasteiger partial charge in [0.2, 0.25) is 11.1 Å². The smallest absolute Gasteiger partial charge is 0.255 e. The molecular formula is C35H30BrCl2N5O3S. The molecule has 0 spiro atoms. The molecule has 8 nitrogen and oxygen atoms in total. The van der Waals surface area contributed by atoms with Crippen LogP contribution in [0.3, 0.4) is 0 Å². The molecule has 1 aliphatic heterocycles. The first-order valence-corrected chi connectivity index (χ1v) is 17.3. The molecule has 1 amide bonds. The zero-order chi connectivity index (χ0) is 32.9. The summed E-state index contributed by atoms with van der Waals surface area (Å²) < 4.78 is 14.7. The molecule has 0 saturated heterocycles. The van der Waals surface area contributed by atoms with Gasteiger partial charge in [-0.15, -0.1) is 5.10 Å². The van der Waals surface area contributed by atoms with Gasteiger partial charge in [0.15, 0.2) is 0 Å². The van der Waals surface area contributed by atoms with E-state index in [1.807, 2.05) is 105 Å². The van der Waals surface area contributed by atoms with Crippen molar-refractivity contribution in [2.24, 2.45) is 0 Å². The summed E-state index contributed by atoms with van der Waals surface area (Å²) in [5, 5.41) is 13.1. The Kier molecular flexibility index (Phi) is 10.4. The zero-order valence-electron chi connectivity index (χ0n) is 25.5. The van der Waals surface area contributed by atoms with Crippen molar-refractivity contribution in [2.45, 2.75) is 37.4 Å². The van der Waals surface area contributed by atoms with E-state index in [9.17, 15) is 4.79 Å². The van der Waals surface area contributed by atoms with Crippen molar-refractivity contribution >= 4 is 68.4 Å². The highest BCUT2D eigenvalue weighted by Gasteiger charge is 2.36. The van der Waals surface area contributed by atoms with Crippen molar-refractivity contribution in [1.29, 1.82) is 0 Å². The number of para-hydroxylation sites is 2. The van der Waals surface area contributed by atoms with Crippen LogP contribution in [0.2, 0.25) is 10.0 Å². The number of benzene rings is 4. The molecule has 47 heavy (non-hydrogen) atoms. The van der Waals surface area contributed by atoms with Crippen LogP contribution in [0, 0.1) is 0 Å². The lowest BCUT2D eigenvalue weighted by molar-refractivity contribution is -0.113. The van der Waals surface area contributed by atoms with E-state index in [4.69, 9.17) is 42.8 Å². The van der Waals surface area contributed by atoms with Gasteiger partial charge in [0, 0.05) is 37.1 Å². The van der Waals surface area contributed by atoms with Crippen molar-refractivity contribution in [3.63, 3.8) is 0 Å². The largest absolute Gasteiger partial charge is 0.492 e. The molecular weight excluding hydrogens is 721 g/mol. The van der Waals surface area contributed by atoms with Gasteiger partial charge in [-0.3, -0.25) is 4.79 Å². The zero-order valence-corrected chi connectivity index (χ0v) is 29.4. The fourth-order valence-electron chi connectivity index (χ4n) is 5.21. The Labute approximate surface area is 295 Å². The van der Waals surface area contributed by atoms with Crippen LogP contribution in [0.15, 0.2) is 112 Å². The van der Waals surface area contributed by atoms with Gasteiger partial charge in [0.1, 0.15) is 24.1 Å². The van der Waals surface area contributed by atoms with Crippen LogP contribution in [0.5, 0.6) is 11.5 Å². The molecule has 5 aromatic rings. The van der Waals surface area contributed by atoms with E-state index in [0.29, 0.717) is 67.5 Å². The molecule has 6 rings (SSSR count). The molecule has 12 heteroatoms. The number of anilines is 2. The fourth-order valence-corrected chi connectivity index (χ4v) is 6.89. The minimum Gasteiger partial charge on any atom is -0.492 e. The maximum atomic E-state index is 14.3. The minimum atomic E-state index is -0.702. The molecule has 1 unspecified atom stereocenters. The number of carbonyl (C=O) groups is 1. The summed E-state index contributed by atoms with van der Waals surface area (Å²) in [6, 6.07) is 27.6. The Morgan fingerprint density at radius 3 is 2.40 bits per heavy atom. The van der Waals surface area contributed by atoms with Gasteiger partial charge < -0.3 is 20.1 Å². The summed E-state index contributed by atoms with van der Waals surface area (Å²) in [5.41, 5.74) is 4.15. The van der Waals surface area contributed by atoms with Gasteiger partial charge >= 0.3 is 0 Å². The predicted octanol–water partition coefficient (Wildman–Crippen LogP) is 9.54. The Morgan fingerprint density at radius 1 is 0.957 bits per heavy atom. The van der Waals surface area contributed by atoms with Crippen LogP contribution in [-0.2, 0) is 17.2 Å². The van der Waals surface area contributed by atoms with Crippen LogP contribution >= 0.6 is 50.9 Å². The Morgan fingerprint density at radius 2 is 1.66 bits per heavy atom. The summed E-state index contributed by atoms with van der Waals surface area (Å²) in [5.74, 6) is 1.89. The van der Waals surface area contributed by atoms with Gasteiger partial charge in [-0.1, -0.05) is 99.4 Å². The van der Waals surface area contributed by atoms with Gasteiger partial charge in [-0.2, -0.15) is 4.98 Å². The third-order valence-corrected chi connectivity index (χ3v) is 9.55. The summed E-state index contributed by atoms with van der Waals surface area (Å²) in [6.07, 6.45) is 0. The SMILES string of the molecule is CCOc1ccccc1NC(=O)C1=C(C)Nc2nc(SCc3ccccc3Cl)nn2C1c1cc(Br)ccc1OCc1ccccc1Cl. The second-order valence-corrected chi connectivity index (χ2v) is 13.2. The quantitative estimate of drug-likeness (QED) is 0.130. The highest BCUT2D eigenvalue weighted by molar-refractivity contribution is 9.10. The molecule has 240 valence electrons. The molecule has 2 heterocycles. The maximum Gasteiger partial charge on any atom is 0.255 e. The normalized spacial score (nSPS) is 13.9. The molecule has 0 saturated carbocycles. The van der Waals surface area contributed by atoms with E-state index in [-0.39, 0.29) is 12.5 Å². The van der Waals surface area contributed by atoms with Gasteiger partial charge in [0.05, 0.1) is 17.9 Å². The van der Waals surface area contributed by atoms with E-state index in [0.717, 1.165) is 15.6 Å². The molecule has 1 aromatic heterocycles. The number of carbonyl (C=O) groups excluding carboxylic acids is 1. The van der Waals surface area contributed by atoms with Crippen LogP contribution in [0.25, 0.3) is 0 Å². The second-order valence-electron chi connectivity index (χ2n) is 10.6. The summed E-state index contributed by atoms with van der Waals surface area (Å²) >= 11 is 18.0. The van der Waals surface area contributed by atoms with Crippen LogP contribution in [0.1, 0.15) is 36.6 Å². The summed E-state index contributed by atoms with van der Waals surface area (Å²) in [4.78, 5) is 19.1. The van der Waals surface area contributed by atoms with Gasteiger partial charge in [-0.25, -0.2) is 4.68 Å². The summed E-state index contributed by atoms with van der Waals surface area (Å²) in [7, 11) is 0. The molecule has 0 fully saturated rings. The highest BCUT2D eigenvalue weighted by Crippen LogP contribution is 2.42. The van der Waals surface area contributed by atoms with Crippen molar-refractivity contribution in [3.8, 4) is 11.5 Å². The van der Waals surface area contributed by atoms with E-state index >= 15 is 0 Å². The monoisotopic (exact) mass is 749 g/mol. The van der Waals surface area contributed by atoms with E-state index in [2.05, 4.69) is 26.6 Å². The molecule has 1 atom stereocenters. The first-order valence-electron chi connectivity index (χ1n) is 14.8. The second kappa shape index (κ2) is 14.9. The molecule has 0 bridgehead atoms. The van der Waals surface area contributed by atoms with E-state index < -0.39 is 6.04 Å². The van der Waals surface area contributed by atoms with Crippen molar-refractivity contribution in [1.82, 2.24) is 14.8 Å². The number of amides is 1. The number of halogens is 3. The number of aromatic nitrogens is 3. The number of nitrogens with zero attached hydrogens (tertiary/aromatic N) is 3. The van der Waals surface area contributed by atoms with Gasteiger partial charge in [0.25, 0.3) is 5.91 Å². The van der Waals surface area contributed by atoms with Crippen molar-refractivity contribution in [3.05, 3.63) is 133 Å². The van der Waals surface area contributed by atoms with E-state index in [1.54, 1.807) is 4.68 Å². The van der Waals surface area contributed by atoms with Crippen molar-refractivity contribution < 1.29 is 14.3 Å². The lowest BCUT2D eigenvalue weighted by Crippen LogP contribution is -2.32. The molecule has 2 N–H and O–H groups in total. The Hall–Kier alpha value is -3.96. The van der Waals surface area contributed by atoms with E-state index in [1.165, 1.54) is 11.8 Å². The average Bonchev–Trinajstić information content (AvgIpc) is 3.47. The number of fused-ring (bicyclic) bond motifs is 1. The Bertz CT molecular complexity index is 1970.